The quantitative estimate of drug-likeness (QED) is 0.416. The molecule has 0 spiro atoms. The molecule has 0 aromatic heterocycles. The molecule has 31 heavy (non-hydrogen) atoms. The number of nitrogens with one attached hydrogen (secondary N) is 2. The largest absolute Gasteiger partial charge is 0.493 e. The van der Waals surface area contributed by atoms with Gasteiger partial charge >= 0.3 is 0 Å². The Morgan fingerprint density at radius 1 is 0.871 bits per heavy atom. The molecular weight excluding hydrogens is 388 g/mol. The Kier molecular flexibility index (Phi) is 8.12. The van der Waals surface area contributed by atoms with Crippen molar-refractivity contribution in [2.45, 2.75) is 13.3 Å². The third-order valence-electron chi connectivity index (χ3n) is 4.41. The van der Waals surface area contributed by atoms with Crippen LogP contribution in [0.15, 0.2) is 91.0 Å². The van der Waals surface area contributed by atoms with Gasteiger partial charge in [0.25, 0.3) is 0 Å². The van der Waals surface area contributed by atoms with Gasteiger partial charge in [-0.25, -0.2) is 0 Å². The predicted molar refractivity (Wildman–Crippen MR) is 126 cm³/mol. The van der Waals surface area contributed by atoms with Crippen LogP contribution < -0.4 is 20.1 Å². The van der Waals surface area contributed by atoms with Gasteiger partial charge in [-0.1, -0.05) is 43.0 Å². The van der Waals surface area contributed by atoms with Crippen LogP contribution in [0.4, 0.5) is 11.4 Å². The first-order valence-corrected chi connectivity index (χ1v) is 10.3. The van der Waals surface area contributed by atoms with Gasteiger partial charge in [0.05, 0.1) is 13.2 Å². The van der Waals surface area contributed by atoms with Gasteiger partial charge in [0.1, 0.15) is 18.1 Å². The minimum Gasteiger partial charge on any atom is -0.493 e. The van der Waals surface area contributed by atoms with Gasteiger partial charge in [0, 0.05) is 23.9 Å². The smallest absolute Gasteiger partial charge is 0.243 e. The van der Waals surface area contributed by atoms with Crippen molar-refractivity contribution < 1.29 is 14.3 Å². The third-order valence-corrected chi connectivity index (χ3v) is 4.41. The molecule has 0 unspecified atom stereocenters. The topological polar surface area (TPSA) is 59.6 Å². The first kappa shape index (κ1) is 22.0. The van der Waals surface area contributed by atoms with Gasteiger partial charge in [-0.2, -0.15) is 0 Å². The minimum atomic E-state index is -0.133. The molecule has 0 aliphatic heterocycles. The van der Waals surface area contributed by atoms with Crippen molar-refractivity contribution in [2.24, 2.45) is 0 Å². The van der Waals surface area contributed by atoms with E-state index in [4.69, 9.17) is 9.47 Å². The van der Waals surface area contributed by atoms with Crippen molar-refractivity contribution in [2.75, 3.05) is 30.4 Å². The third kappa shape index (κ3) is 7.90. The Hall–Kier alpha value is -3.73. The molecule has 3 aromatic carbocycles. The Morgan fingerprint density at radius 3 is 2.39 bits per heavy atom. The number of carbonyl (C=O) groups is 1. The fraction of sp³-hybridized carbons (Fsp3) is 0.192. The average molecular weight is 417 g/mol. The Morgan fingerprint density at radius 2 is 1.65 bits per heavy atom. The van der Waals surface area contributed by atoms with Crippen LogP contribution in [0, 0.1) is 0 Å². The van der Waals surface area contributed by atoms with Crippen molar-refractivity contribution in [1.82, 2.24) is 0 Å². The number of rotatable bonds is 11. The highest BCUT2D eigenvalue weighted by molar-refractivity contribution is 5.93. The van der Waals surface area contributed by atoms with Gasteiger partial charge in [0.15, 0.2) is 0 Å². The van der Waals surface area contributed by atoms with Gasteiger partial charge in [0.2, 0.25) is 5.91 Å². The van der Waals surface area contributed by atoms with E-state index in [2.05, 4.69) is 29.3 Å². The van der Waals surface area contributed by atoms with Crippen LogP contribution in [0.25, 0.3) is 0 Å². The summed E-state index contributed by atoms with van der Waals surface area (Å²) in [5, 5.41) is 6.00. The molecule has 0 radical (unpaired) electrons. The van der Waals surface area contributed by atoms with Crippen molar-refractivity contribution in [3.05, 3.63) is 96.6 Å². The maximum absolute atomic E-state index is 12.3. The second-order valence-corrected chi connectivity index (χ2v) is 7.28. The number of hydrogen-bond acceptors (Lipinski definition) is 4. The molecule has 0 fully saturated rings. The summed E-state index contributed by atoms with van der Waals surface area (Å²) in [6, 6.07) is 25.1. The van der Waals surface area contributed by atoms with E-state index in [0.717, 1.165) is 29.2 Å². The van der Waals surface area contributed by atoms with Crippen LogP contribution >= 0.6 is 0 Å². The number of carbonyl (C=O) groups excluding carboxylic acids is 1. The number of hydrogen-bond donors (Lipinski definition) is 2. The molecule has 3 rings (SSSR count). The van der Waals surface area contributed by atoms with Gasteiger partial charge < -0.3 is 20.1 Å². The Labute approximate surface area is 183 Å². The maximum Gasteiger partial charge on any atom is 0.243 e. The second kappa shape index (κ2) is 11.5. The van der Waals surface area contributed by atoms with Gasteiger partial charge in [-0.15, -0.1) is 0 Å². The minimum absolute atomic E-state index is 0.133. The fourth-order valence-electron chi connectivity index (χ4n) is 2.86. The second-order valence-electron chi connectivity index (χ2n) is 7.28. The summed E-state index contributed by atoms with van der Waals surface area (Å²) in [7, 11) is 0. The maximum atomic E-state index is 12.3. The monoisotopic (exact) mass is 416 g/mol. The number of amides is 1. The first-order chi connectivity index (χ1) is 15.1. The summed E-state index contributed by atoms with van der Waals surface area (Å²) in [6.07, 6.45) is 0.845. The van der Waals surface area contributed by atoms with Crippen molar-refractivity contribution in [1.29, 1.82) is 0 Å². The molecular formula is C26H28N2O3. The summed E-state index contributed by atoms with van der Waals surface area (Å²) in [4.78, 5) is 12.3. The SMILES string of the molecule is C=C(C)COc1ccc(NC(=O)CNc2cccc(OCCc3ccccc3)c2)cc1. The lowest BCUT2D eigenvalue weighted by Crippen LogP contribution is -2.21. The number of ether oxygens (including phenoxy) is 2. The van der Waals surface area contributed by atoms with Crippen LogP contribution in [0.2, 0.25) is 0 Å². The van der Waals surface area contributed by atoms with Crippen LogP contribution in [-0.2, 0) is 11.2 Å². The summed E-state index contributed by atoms with van der Waals surface area (Å²) in [6.45, 7) is 6.95. The highest BCUT2D eigenvalue weighted by Gasteiger charge is 2.04. The van der Waals surface area contributed by atoms with E-state index < -0.39 is 0 Å². The molecule has 1 amide bonds. The van der Waals surface area contributed by atoms with Gasteiger partial charge in [-0.05, 0) is 54.5 Å². The van der Waals surface area contributed by atoms with E-state index in [1.165, 1.54) is 5.56 Å². The highest BCUT2D eigenvalue weighted by atomic mass is 16.5. The molecule has 3 aromatic rings. The Bertz CT molecular complexity index is 985. The zero-order valence-corrected chi connectivity index (χ0v) is 17.8. The highest BCUT2D eigenvalue weighted by Crippen LogP contribution is 2.18. The summed E-state index contributed by atoms with van der Waals surface area (Å²) in [5.41, 5.74) is 3.74. The van der Waals surface area contributed by atoms with E-state index >= 15 is 0 Å². The van der Waals surface area contributed by atoms with E-state index in [-0.39, 0.29) is 12.5 Å². The lowest BCUT2D eigenvalue weighted by Gasteiger charge is -2.11. The van der Waals surface area contributed by atoms with Crippen molar-refractivity contribution in [3.63, 3.8) is 0 Å². The average Bonchev–Trinajstić information content (AvgIpc) is 2.78. The molecule has 2 N–H and O–H groups in total. The number of benzene rings is 3. The zero-order valence-electron chi connectivity index (χ0n) is 17.8. The standard InChI is InChI=1S/C26H28N2O3/c1-20(2)19-31-24-13-11-22(12-14-24)28-26(29)18-27-23-9-6-10-25(17-23)30-16-15-21-7-4-3-5-8-21/h3-14,17,27H,1,15-16,18-19H2,2H3,(H,28,29). The van der Waals surface area contributed by atoms with Gasteiger partial charge in [-0.3, -0.25) is 4.79 Å². The molecule has 5 heteroatoms. The molecule has 5 nitrogen and oxygen atoms in total. The van der Waals surface area contributed by atoms with E-state index in [9.17, 15) is 4.79 Å². The van der Waals surface area contributed by atoms with E-state index in [1.807, 2.05) is 73.7 Å². The molecule has 0 saturated heterocycles. The molecule has 0 atom stereocenters. The summed E-state index contributed by atoms with van der Waals surface area (Å²) in [5.74, 6) is 1.38. The van der Waals surface area contributed by atoms with Crippen LogP contribution in [-0.4, -0.2) is 25.7 Å². The van der Waals surface area contributed by atoms with E-state index in [1.54, 1.807) is 0 Å². The van der Waals surface area contributed by atoms with Crippen molar-refractivity contribution >= 4 is 17.3 Å². The fourth-order valence-corrected chi connectivity index (χ4v) is 2.86. The van der Waals surface area contributed by atoms with Crippen LogP contribution in [0.1, 0.15) is 12.5 Å². The zero-order chi connectivity index (χ0) is 21.9. The first-order valence-electron chi connectivity index (χ1n) is 10.3. The molecule has 0 bridgehead atoms. The Balaban J connectivity index is 1.42. The predicted octanol–water partition coefficient (Wildman–Crippen LogP) is 5.31. The lowest BCUT2D eigenvalue weighted by atomic mass is 10.2. The molecule has 0 aliphatic carbocycles. The molecule has 0 heterocycles. The van der Waals surface area contributed by atoms with Crippen LogP contribution in [0.3, 0.4) is 0 Å². The molecule has 0 aliphatic rings. The molecule has 0 saturated carbocycles. The molecule has 160 valence electrons. The van der Waals surface area contributed by atoms with Crippen molar-refractivity contribution in [3.8, 4) is 11.5 Å². The van der Waals surface area contributed by atoms with Crippen LogP contribution in [0.5, 0.6) is 11.5 Å². The summed E-state index contributed by atoms with van der Waals surface area (Å²) >= 11 is 0. The lowest BCUT2D eigenvalue weighted by molar-refractivity contribution is -0.114. The number of anilines is 2. The van der Waals surface area contributed by atoms with E-state index in [0.29, 0.717) is 18.9 Å². The summed E-state index contributed by atoms with van der Waals surface area (Å²) < 4.78 is 11.4. The normalized spacial score (nSPS) is 10.2.